The predicted molar refractivity (Wildman–Crippen MR) is 76.8 cm³/mol. The maximum Gasteiger partial charge on any atom is 0.183 e. The van der Waals surface area contributed by atoms with Gasteiger partial charge in [-0.05, 0) is 18.6 Å². The second-order valence-electron chi connectivity index (χ2n) is 3.77. The number of hydrogen-bond donors (Lipinski definition) is 1. The fourth-order valence-corrected chi connectivity index (χ4v) is 2.64. The van der Waals surface area contributed by atoms with Gasteiger partial charge in [0, 0.05) is 22.5 Å². The zero-order chi connectivity index (χ0) is 13.0. The van der Waals surface area contributed by atoms with Crippen molar-refractivity contribution in [2.24, 2.45) is 0 Å². The summed E-state index contributed by atoms with van der Waals surface area (Å²) in [6, 6.07) is 5.64. The van der Waals surface area contributed by atoms with Crippen LogP contribution in [0.2, 0.25) is 5.02 Å². The summed E-state index contributed by atoms with van der Waals surface area (Å²) >= 11 is 7.78. The molecule has 0 saturated heterocycles. The first-order chi connectivity index (χ1) is 8.74. The summed E-state index contributed by atoms with van der Waals surface area (Å²) in [6.07, 6.45) is 0.952. The van der Waals surface area contributed by atoms with Crippen molar-refractivity contribution in [2.45, 2.75) is 19.9 Å². The second kappa shape index (κ2) is 6.07. The van der Waals surface area contributed by atoms with E-state index < -0.39 is 0 Å². The minimum atomic E-state index is 0.611. The van der Waals surface area contributed by atoms with Crippen molar-refractivity contribution >= 4 is 28.1 Å². The van der Waals surface area contributed by atoms with Gasteiger partial charge >= 0.3 is 0 Å². The number of aromatic nitrogens is 1. The topological polar surface area (TPSA) is 34.1 Å². The molecule has 2 rings (SSSR count). The Bertz CT molecular complexity index is 527. The molecule has 0 aliphatic heterocycles. The number of nitrogens with zero attached hydrogens (tertiary/aromatic N) is 1. The molecule has 1 heterocycles. The number of halogens is 1. The van der Waals surface area contributed by atoms with Gasteiger partial charge < -0.3 is 10.1 Å². The van der Waals surface area contributed by atoms with Crippen LogP contribution >= 0.6 is 22.9 Å². The van der Waals surface area contributed by atoms with Crippen LogP contribution in [0.3, 0.4) is 0 Å². The average molecular weight is 283 g/mol. The largest absolute Gasteiger partial charge is 0.496 e. The lowest BCUT2D eigenvalue weighted by atomic mass is 10.2. The van der Waals surface area contributed by atoms with Gasteiger partial charge in [0.1, 0.15) is 5.75 Å². The van der Waals surface area contributed by atoms with Crippen molar-refractivity contribution in [1.29, 1.82) is 0 Å². The number of hydrogen-bond acceptors (Lipinski definition) is 4. The monoisotopic (exact) mass is 282 g/mol. The molecule has 0 aliphatic rings. The van der Waals surface area contributed by atoms with Gasteiger partial charge in [0.25, 0.3) is 0 Å². The third-order valence-electron chi connectivity index (χ3n) is 2.63. The molecule has 0 aliphatic carbocycles. The molecule has 0 fully saturated rings. The second-order valence-corrected chi connectivity index (χ2v) is 5.04. The van der Waals surface area contributed by atoms with E-state index in [1.54, 1.807) is 18.4 Å². The van der Waals surface area contributed by atoms with E-state index >= 15 is 0 Å². The molecule has 0 amide bonds. The fraction of sp³-hybridized carbons (Fsp3) is 0.308. The van der Waals surface area contributed by atoms with E-state index in [9.17, 15) is 0 Å². The Hall–Kier alpha value is -1.26. The van der Waals surface area contributed by atoms with Crippen molar-refractivity contribution in [1.82, 2.24) is 4.98 Å². The lowest BCUT2D eigenvalue weighted by Crippen LogP contribution is -2.02. The zero-order valence-electron chi connectivity index (χ0n) is 10.4. The minimum Gasteiger partial charge on any atom is -0.496 e. The number of methoxy groups -OCH3 is 1. The Labute approximate surface area is 116 Å². The van der Waals surface area contributed by atoms with E-state index in [0.717, 1.165) is 28.6 Å². The molecule has 1 aromatic heterocycles. The average Bonchev–Trinajstić information content (AvgIpc) is 2.85. The van der Waals surface area contributed by atoms with Gasteiger partial charge in [-0.1, -0.05) is 24.6 Å². The lowest BCUT2D eigenvalue weighted by Gasteiger charge is -2.10. The van der Waals surface area contributed by atoms with E-state index in [1.165, 1.54) is 0 Å². The van der Waals surface area contributed by atoms with Crippen molar-refractivity contribution < 1.29 is 4.74 Å². The van der Waals surface area contributed by atoms with Crippen LogP contribution < -0.4 is 10.1 Å². The quantitative estimate of drug-likeness (QED) is 0.901. The van der Waals surface area contributed by atoms with E-state index in [4.69, 9.17) is 16.3 Å². The van der Waals surface area contributed by atoms with E-state index in [-0.39, 0.29) is 0 Å². The third kappa shape index (κ3) is 2.94. The molecule has 18 heavy (non-hydrogen) atoms. The summed E-state index contributed by atoms with van der Waals surface area (Å²) in [6.45, 7) is 2.70. The molecule has 0 spiro atoms. The maximum absolute atomic E-state index is 6.17. The third-order valence-corrected chi connectivity index (χ3v) is 3.83. The first-order valence-electron chi connectivity index (χ1n) is 5.74. The first kappa shape index (κ1) is 13.2. The number of rotatable bonds is 5. The smallest absolute Gasteiger partial charge is 0.183 e. The number of thiazole rings is 1. The van der Waals surface area contributed by atoms with Crippen LogP contribution in [-0.2, 0) is 13.0 Å². The van der Waals surface area contributed by atoms with Gasteiger partial charge in [0.2, 0.25) is 0 Å². The van der Waals surface area contributed by atoms with E-state index in [2.05, 4.69) is 22.6 Å². The highest BCUT2D eigenvalue weighted by atomic mass is 35.5. The molecule has 0 unspecified atom stereocenters. The molecule has 5 heteroatoms. The van der Waals surface area contributed by atoms with Gasteiger partial charge in [0.05, 0.1) is 12.8 Å². The molecule has 1 N–H and O–H groups in total. The van der Waals surface area contributed by atoms with Gasteiger partial charge in [-0.2, -0.15) is 0 Å². The molecule has 1 aromatic carbocycles. The van der Waals surface area contributed by atoms with Crippen LogP contribution in [-0.4, -0.2) is 12.1 Å². The highest BCUT2D eigenvalue weighted by molar-refractivity contribution is 7.13. The maximum atomic E-state index is 6.17. The summed E-state index contributed by atoms with van der Waals surface area (Å²) in [5.74, 6) is 0.794. The highest BCUT2D eigenvalue weighted by Gasteiger charge is 2.08. The fourth-order valence-electron chi connectivity index (χ4n) is 1.62. The Morgan fingerprint density at radius 2 is 2.28 bits per heavy atom. The molecule has 0 bridgehead atoms. The summed E-state index contributed by atoms with van der Waals surface area (Å²) < 4.78 is 5.30. The SMILES string of the molecule is CCc1csc(NCc2c(Cl)cccc2OC)n1. The standard InChI is InChI=1S/C13H15ClN2OS/c1-3-9-8-18-13(16-9)15-7-10-11(14)5-4-6-12(10)17-2/h4-6,8H,3,7H2,1-2H3,(H,15,16). The number of nitrogens with one attached hydrogen (secondary N) is 1. The first-order valence-corrected chi connectivity index (χ1v) is 7.00. The number of aryl methyl sites for hydroxylation is 1. The molecule has 0 atom stereocenters. The predicted octanol–water partition coefficient (Wildman–Crippen LogP) is 3.98. The Morgan fingerprint density at radius 1 is 1.44 bits per heavy atom. The van der Waals surface area contributed by atoms with Crippen molar-refractivity contribution in [2.75, 3.05) is 12.4 Å². The summed E-state index contributed by atoms with van der Waals surface area (Å²) in [5, 5.41) is 6.95. The van der Waals surface area contributed by atoms with Crippen LogP contribution in [0.15, 0.2) is 23.6 Å². The van der Waals surface area contributed by atoms with Crippen molar-refractivity contribution in [3.63, 3.8) is 0 Å². The number of ether oxygens (including phenoxy) is 1. The molecular weight excluding hydrogens is 268 g/mol. The van der Waals surface area contributed by atoms with Gasteiger partial charge in [0.15, 0.2) is 5.13 Å². The molecule has 0 saturated carbocycles. The summed E-state index contributed by atoms with van der Waals surface area (Å²) in [5.41, 5.74) is 2.06. The van der Waals surface area contributed by atoms with Crippen LogP contribution in [0.5, 0.6) is 5.75 Å². The van der Waals surface area contributed by atoms with Crippen LogP contribution in [0, 0.1) is 0 Å². The Balaban J connectivity index is 2.10. The van der Waals surface area contributed by atoms with Gasteiger partial charge in [-0.15, -0.1) is 11.3 Å². The zero-order valence-corrected chi connectivity index (χ0v) is 11.9. The van der Waals surface area contributed by atoms with Crippen LogP contribution in [0.25, 0.3) is 0 Å². The van der Waals surface area contributed by atoms with Crippen molar-refractivity contribution in [3.8, 4) is 5.75 Å². The van der Waals surface area contributed by atoms with E-state index in [1.807, 2.05) is 18.2 Å². The number of benzene rings is 1. The highest BCUT2D eigenvalue weighted by Crippen LogP contribution is 2.27. The molecule has 96 valence electrons. The Kier molecular flexibility index (Phi) is 4.44. The normalized spacial score (nSPS) is 10.4. The van der Waals surface area contributed by atoms with Crippen molar-refractivity contribution in [3.05, 3.63) is 39.9 Å². The molecule has 0 radical (unpaired) electrons. The molecular formula is C13H15ClN2OS. The van der Waals surface area contributed by atoms with Crippen LogP contribution in [0.4, 0.5) is 5.13 Å². The molecule has 2 aromatic rings. The summed E-state index contributed by atoms with van der Waals surface area (Å²) in [7, 11) is 1.65. The van der Waals surface area contributed by atoms with Gasteiger partial charge in [-0.25, -0.2) is 4.98 Å². The van der Waals surface area contributed by atoms with E-state index in [0.29, 0.717) is 11.6 Å². The summed E-state index contributed by atoms with van der Waals surface area (Å²) in [4.78, 5) is 4.45. The Morgan fingerprint density at radius 3 is 2.94 bits per heavy atom. The van der Waals surface area contributed by atoms with Gasteiger partial charge in [-0.3, -0.25) is 0 Å². The van der Waals surface area contributed by atoms with Crippen LogP contribution in [0.1, 0.15) is 18.2 Å². The molecule has 3 nitrogen and oxygen atoms in total. The minimum absolute atomic E-state index is 0.611. The lowest BCUT2D eigenvalue weighted by molar-refractivity contribution is 0.410. The number of anilines is 1.